The molecule has 0 aliphatic carbocycles. The van der Waals surface area contributed by atoms with Crippen LogP contribution in [0.5, 0.6) is 0 Å². The van der Waals surface area contributed by atoms with Crippen molar-refractivity contribution in [2.24, 2.45) is 0 Å². The Hall–Kier alpha value is 0.263. The molecule has 0 aliphatic heterocycles. The van der Waals surface area contributed by atoms with Crippen LogP contribution < -0.4 is 0 Å². The third kappa shape index (κ3) is 316. The fourth-order valence-electron chi connectivity index (χ4n) is 0. The van der Waals surface area contributed by atoms with Crippen molar-refractivity contribution in [1.29, 1.82) is 0 Å². The first-order chi connectivity index (χ1) is 0. The van der Waals surface area contributed by atoms with Gasteiger partial charge in [0.15, 0.2) is 0 Å². The Morgan fingerprint density at radius 2 is 0.400 bits per heavy atom. The first-order valence-corrected chi connectivity index (χ1v) is 0. The molecule has 0 rings (SSSR count). The molecule has 5 heavy (non-hydrogen) atoms. The molecule has 0 aromatic carbocycles. The Labute approximate surface area is 37.4 Å². The zero-order valence-corrected chi connectivity index (χ0v) is 1.63. The van der Waals surface area contributed by atoms with Gasteiger partial charge in [0.1, 0.15) is 0 Å². The minimum atomic E-state index is 0. The number of rotatable bonds is 0. The first-order valence-electron chi connectivity index (χ1n) is 0. The Kier molecular flexibility index (Phi) is 182000. The standard InChI is InChI=1S/4FH.GeH4/h4*1H;1H4. The van der Waals surface area contributed by atoms with E-state index in [1.807, 2.05) is 0 Å². The van der Waals surface area contributed by atoms with E-state index >= 15 is 0 Å². The second-order valence-electron chi connectivity index (χ2n) is 0. The summed E-state index contributed by atoms with van der Waals surface area (Å²) in [6.45, 7) is 0. The monoisotopic (exact) mass is 158 g/mol. The predicted molar refractivity (Wildman–Crippen MR) is 21.3 cm³/mol. The van der Waals surface area contributed by atoms with Crippen molar-refractivity contribution in [3.05, 3.63) is 0 Å². The average molecular weight is 157 g/mol. The number of halogens is 4. The zero-order chi connectivity index (χ0) is 0. The summed E-state index contributed by atoms with van der Waals surface area (Å²) in [6, 6.07) is 0. The van der Waals surface area contributed by atoms with E-state index in [4.69, 9.17) is 0 Å². The molecular formula is H8F4Ge. The van der Waals surface area contributed by atoms with Gasteiger partial charge in [0, 0.05) is 0 Å². The molecule has 0 N–H and O–H groups in total. The van der Waals surface area contributed by atoms with Gasteiger partial charge in [-0.25, -0.2) is 0 Å². The molecule has 0 saturated heterocycles. The molecule has 40 valence electrons. The molecule has 0 aromatic heterocycles. The van der Waals surface area contributed by atoms with E-state index in [0.717, 1.165) is 0 Å². The summed E-state index contributed by atoms with van der Waals surface area (Å²) in [4.78, 5) is 0. The molecule has 0 saturated carbocycles. The molecule has 0 bridgehead atoms. The van der Waals surface area contributed by atoms with Crippen molar-refractivity contribution >= 4 is 17.6 Å². The summed E-state index contributed by atoms with van der Waals surface area (Å²) in [5.74, 6) is 0. The summed E-state index contributed by atoms with van der Waals surface area (Å²) < 4.78 is 0. The van der Waals surface area contributed by atoms with E-state index in [1.54, 1.807) is 0 Å². The van der Waals surface area contributed by atoms with E-state index in [9.17, 15) is 0 Å². The summed E-state index contributed by atoms with van der Waals surface area (Å²) in [6.07, 6.45) is 0. The molecule has 0 spiro atoms. The van der Waals surface area contributed by atoms with Crippen molar-refractivity contribution in [2.45, 2.75) is 0 Å². The average Bonchev–Trinajstić information content (AvgIpc) is 0. The molecule has 0 radical (unpaired) electrons. The summed E-state index contributed by atoms with van der Waals surface area (Å²) in [5, 5.41) is 0. The van der Waals surface area contributed by atoms with Gasteiger partial charge in [-0.3, -0.25) is 18.8 Å². The van der Waals surface area contributed by atoms with E-state index in [-0.39, 0.29) is 36.4 Å². The Morgan fingerprint density at radius 1 is 0.400 bits per heavy atom. The third-order valence-electron chi connectivity index (χ3n) is 0. The maximum absolute atomic E-state index is 0. The molecular weight excluding hydrogens is 149 g/mol. The normalized spacial score (nSPS) is 0. The van der Waals surface area contributed by atoms with E-state index in [2.05, 4.69) is 0 Å². The summed E-state index contributed by atoms with van der Waals surface area (Å²) in [7, 11) is 0. The van der Waals surface area contributed by atoms with Crippen molar-refractivity contribution in [2.75, 3.05) is 0 Å². The van der Waals surface area contributed by atoms with E-state index in [1.165, 1.54) is 0 Å². The van der Waals surface area contributed by atoms with Gasteiger partial charge in [-0.15, -0.1) is 0 Å². The van der Waals surface area contributed by atoms with Gasteiger partial charge in [0.25, 0.3) is 0 Å². The molecule has 0 fully saturated rings. The van der Waals surface area contributed by atoms with Gasteiger partial charge in [-0.2, -0.15) is 0 Å². The van der Waals surface area contributed by atoms with E-state index < -0.39 is 0 Å². The van der Waals surface area contributed by atoms with Crippen LogP contribution in [0.25, 0.3) is 0 Å². The molecule has 0 aliphatic rings. The quantitative estimate of drug-likeness (QED) is 0.317. The Bertz CT molecular complexity index is 3.61. The van der Waals surface area contributed by atoms with Crippen molar-refractivity contribution in [3.63, 3.8) is 0 Å². The van der Waals surface area contributed by atoms with Crippen molar-refractivity contribution in [3.8, 4) is 0 Å². The number of hydrogen-bond donors (Lipinski definition) is 0. The Balaban J connectivity index is 0. The van der Waals surface area contributed by atoms with Crippen LogP contribution in [0.1, 0.15) is 0 Å². The van der Waals surface area contributed by atoms with Gasteiger partial charge in [0.05, 0.1) is 0 Å². The van der Waals surface area contributed by atoms with Crippen LogP contribution in [-0.2, 0) is 0 Å². The molecule has 0 nitrogen and oxygen atoms in total. The van der Waals surface area contributed by atoms with Crippen LogP contribution in [0.15, 0.2) is 0 Å². The first kappa shape index (κ1) is 1380. The van der Waals surface area contributed by atoms with Crippen LogP contribution in [-0.4, -0.2) is 17.6 Å². The van der Waals surface area contributed by atoms with Gasteiger partial charge in [-0.05, 0) is 0 Å². The Morgan fingerprint density at radius 3 is 0.400 bits per heavy atom. The molecule has 0 aromatic rings. The van der Waals surface area contributed by atoms with E-state index in [0.29, 0.717) is 0 Å². The van der Waals surface area contributed by atoms with Gasteiger partial charge in [0.2, 0.25) is 0 Å². The molecule has 0 heterocycles. The molecule has 5 heteroatoms. The zero-order valence-electron chi connectivity index (χ0n) is 1.63. The fraction of sp³-hybridized carbons (Fsp3) is 0. The van der Waals surface area contributed by atoms with Crippen LogP contribution >= 0.6 is 0 Å². The van der Waals surface area contributed by atoms with Gasteiger partial charge >= 0.3 is 17.6 Å². The molecule has 0 atom stereocenters. The van der Waals surface area contributed by atoms with Gasteiger partial charge < -0.3 is 0 Å². The molecule has 0 amide bonds. The van der Waals surface area contributed by atoms with Crippen LogP contribution in [0, 0.1) is 0 Å². The minimum absolute atomic E-state index is 0. The van der Waals surface area contributed by atoms with Crippen LogP contribution in [0.4, 0.5) is 18.8 Å². The van der Waals surface area contributed by atoms with Crippen molar-refractivity contribution < 1.29 is 18.8 Å². The van der Waals surface area contributed by atoms with Crippen LogP contribution in [0.3, 0.4) is 0 Å². The second kappa shape index (κ2) is 657. The maximum atomic E-state index is 0. The summed E-state index contributed by atoms with van der Waals surface area (Å²) >= 11 is 0. The second-order valence-corrected chi connectivity index (χ2v) is 0. The van der Waals surface area contributed by atoms with Gasteiger partial charge in [-0.1, -0.05) is 0 Å². The van der Waals surface area contributed by atoms with Crippen molar-refractivity contribution in [1.82, 2.24) is 0 Å². The fourth-order valence-corrected chi connectivity index (χ4v) is 0. The predicted octanol–water partition coefficient (Wildman–Crippen LogP) is -0.842. The third-order valence-corrected chi connectivity index (χ3v) is 0. The summed E-state index contributed by atoms with van der Waals surface area (Å²) in [5.41, 5.74) is 0. The van der Waals surface area contributed by atoms with Crippen LogP contribution in [0.2, 0.25) is 0 Å². The topological polar surface area (TPSA) is 0 Å². The molecule has 0 unspecified atom stereocenters. The number of hydrogen-bond acceptors (Lipinski definition) is 0. The SMILES string of the molecule is F.F.F.F.[GeH4].